The van der Waals surface area contributed by atoms with Crippen molar-refractivity contribution < 1.29 is 10.2 Å². The lowest BCUT2D eigenvalue weighted by atomic mass is 10.2. The summed E-state index contributed by atoms with van der Waals surface area (Å²) in [6.07, 6.45) is 2.71. The van der Waals surface area contributed by atoms with Crippen LogP contribution in [0, 0.1) is 0 Å². The Morgan fingerprint density at radius 3 is 2.76 bits per heavy atom. The van der Waals surface area contributed by atoms with Crippen molar-refractivity contribution in [2.24, 2.45) is 0 Å². The van der Waals surface area contributed by atoms with E-state index in [4.69, 9.17) is 5.73 Å². The molecule has 0 aromatic carbocycles. The van der Waals surface area contributed by atoms with Gasteiger partial charge in [0, 0.05) is 0 Å². The molecule has 3 aliphatic rings. The molecular formula is C10H13N5O2. The highest BCUT2D eigenvalue weighted by atomic mass is 16.3. The normalized spacial score (nSPS) is 28.9. The van der Waals surface area contributed by atoms with Crippen molar-refractivity contribution in [3.8, 4) is 11.5 Å². The number of nitrogens with two attached hydrogens (primary N) is 1. The third kappa shape index (κ3) is 1.47. The van der Waals surface area contributed by atoms with Crippen molar-refractivity contribution in [2.45, 2.75) is 31.1 Å². The summed E-state index contributed by atoms with van der Waals surface area (Å²) in [5.41, 5.74) is 6.22. The van der Waals surface area contributed by atoms with Gasteiger partial charge in [-0.05, 0) is 12.8 Å². The van der Waals surface area contributed by atoms with Crippen molar-refractivity contribution in [2.75, 3.05) is 5.73 Å². The molecule has 3 rings (SSSR count). The SMILES string of the molecule is Nc1ncn(C2CCC(O)C2O)c2ncnc1-2. The molecule has 2 heterocycles. The molecule has 0 radical (unpaired) electrons. The van der Waals surface area contributed by atoms with E-state index in [1.165, 1.54) is 12.7 Å². The molecule has 1 aliphatic carbocycles. The van der Waals surface area contributed by atoms with E-state index in [2.05, 4.69) is 15.0 Å². The Labute approximate surface area is 97.3 Å². The number of nitrogens with zero attached hydrogens (tertiary/aromatic N) is 4. The zero-order valence-electron chi connectivity index (χ0n) is 9.06. The van der Waals surface area contributed by atoms with Crippen molar-refractivity contribution in [1.29, 1.82) is 0 Å². The number of aliphatic hydroxyl groups is 2. The van der Waals surface area contributed by atoms with Crippen LogP contribution in [0.4, 0.5) is 5.82 Å². The lowest BCUT2D eigenvalue weighted by Crippen LogP contribution is -2.28. The van der Waals surface area contributed by atoms with Crippen LogP contribution in [0.3, 0.4) is 0 Å². The van der Waals surface area contributed by atoms with E-state index in [-0.39, 0.29) is 6.04 Å². The van der Waals surface area contributed by atoms with Gasteiger partial charge >= 0.3 is 0 Å². The second-order valence-corrected chi connectivity index (χ2v) is 4.29. The molecule has 3 unspecified atom stereocenters. The number of hydrogen-bond acceptors (Lipinski definition) is 6. The van der Waals surface area contributed by atoms with Crippen LogP contribution in [-0.2, 0) is 0 Å². The van der Waals surface area contributed by atoms with Gasteiger partial charge in [-0.2, -0.15) is 0 Å². The number of anilines is 1. The van der Waals surface area contributed by atoms with Crippen LogP contribution in [-0.4, -0.2) is 41.9 Å². The van der Waals surface area contributed by atoms with E-state index in [0.29, 0.717) is 30.2 Å². The quantitative estimate of drug-likeness (QED) is 0.609. The number of hydrogen-bond donors (Lipinski definition) is 3. The Morgan fingerprint density at radius 2 is 2.06 bits per heavy atom. The summed E-state index contributed by atoms with van der Waals surface area (Å²) >= 11 is 0. The van der Waals surface area contributed by atoms with Crippen LogP contribution in [0.25, 0.3) is 11.5 Å². The maximum absolute atomic E-state index is 9.90. The van der Waals surface area contributed by atoms with E-state index >= 15 is 0 Å². The Kier molecular flexibility index (Phi) is 2.23. The van der Waals surface area contributed by atoms with Crippen LogP contribution in [0.2, 0.25) is 0 Å². The molecule has 0 amide bonds. The molecule has 1 fully saturated rings. The first-order valence-electron chi connectivity index (χ1n) is 5.47. The van der Waals surface area contributed by atoms with Gasteiger partial charge in [0.1, 0.15) is 18.1 Å². The molecule has 2 aliphatic heterocycles. The maximum Gasteiger partial charge on any atom is 0.165 e. The third-order valence-corrected chi connectivity index (χ3v) is 3.29. The fourth-order valence-corrected chi connectivity index (χ4v) is 2.36. The van der Waals surface area contributed by atoms with Gasteiger partial charge in [-0.1, -0.05) is 0 Å². The summed E-state index contributed by atoms with van der Waals surface area (Å²) in [6.45, 7) is 0. The maximum atomic E-state index is 9.90. The Bertz CT molecular complexity index is 514. The zero-order valence-corrected chi connectivity index (χ0v) is 9.06. The lowest BCUT2D eigenvalue weighted by molar-refractivity contribution is 0.0234. The first-order valence-corrected chi connectivity index (χ1v) is 5.47. The number of fused-ring (bicyclic) bond motifs is 1. The minimum absolute atomic E-state index is 0.225. The highest BCUT2D eigenvalue weighted by molar-refractivity contribution is 5.64. The molecule has 0 aromatic heterocycles. The van der Waals surface area contributed by atoms with E-state index in [9.17, 15) is 10.2 Å². The molecule has 7 heteroatoms. The number of aromatic nitrogens is 4. The molecule has 17 heavy (non-hydrogen) atoms. The van der Waals surface area contributed by atoms with Gasteiger partial charge in [0.25, 0.3) is 0 Å². The number of rotatable bonds is 1. The lowest BCUT2D eigenvalue weighted by Gasteiger charge is -2.21. The standard InChI is InChI=1S/C10H13N5O2/c11-9-7-10(13-3-12-7)15(4-14-9)5-1-2-6(16)8(5)17/h3-6,8,16-17H,1-2,11H2. The van der Waals surface area contributed by atoms with E-state index < -0.39 is 12.2 Å². The molecule has 3 atom stereocenters. The van der Waals surface area contributed by atoms with Gasteiger partial charge in [0.15, 0.2) is 11.6 Å². The van der Waals surface area contributed by atoms with Crippen molar-refractivity contribution in [3.63, 3.8) is 0 Å². The van der Waals surface area contributed by atoms with Crippen LogP contribution in [0.5, 0.6) is 0 Å². The zero-order chi connectivity index (χ0) is 12.0. The smallest absolute Gasteiger partial charge is 0.165 e. The minimum Gasteiger partial charge on any atom is -0.390 e. The summed E-state index contributed by atoms with van der Waals surface area (Å²) in [5, 5.41) is 19.5. The van der Waals surface area contributed by atoms with Gasteiger partial charge in [-0.15, -0.1) is 0 Å². The van der Waals surface area contributed by atoms with E-state index in [1.54, 1.807) is 4.57 Å². The Morgan fingerprint density at radius 1 is 1.24 bits per heavy atom. The van der Waals surface area contributed by atoms with Crippen molar-refractivity contribution in [1.82, 2.24) is 19.5 Å². The molecule has 0 spiro atoms. The predicted molar refractivity (Wildman–Crippen MR) is 59.1 cm³/mol. The van der Waals surface area contributed by atoms with Crippen molar-refractivity contribution >= 4 is 5.82 Å². The first-order chi connectivity index (χ1) is 8.18. The summed E-state index contributed by atoms with van der Waals surface area (Å²) in [6, 6.07) is -0.225. The fraction of sp³-hybridized carbons (Fsp3) is 0.500. The summed E-state index contributed by atoms with van der Waals surface area (Å²) in [7, 11) is 0. The molecule has 0 bridgehead atoms. The average molecular weight is 235 g/mol. The first kappa shape index (κ1) is 10.4. The van der Waals surface area contributed by atoms with E-state index in [1.807, 2.05) is 0 Å². The number of nitrogen functional groups attached to an aromatic ring is 1. The van der Waals surface area contributed by atoms with Gasteiger partial charge in [-0.3, -0.25) is 0 Å². The summed E-state index contributed by atoms with van der Waals surface area (Å²) in [5.74, 6) is 0.914. The van der Waals surface area contributed by atoms with Crippen molar-refractivity contribution in [3.05, 3.63) is 12.7 Å². The Hall–Kier alpha value is -1.73. The molecular weight excluding hydrogens is 222 g/mol. The predicted octanol–water partition coefficient (Wildman–Crippen LogP) is -0.583. The molecule has 4 N–H and O–H groups in total. The van der Waals surface area contributed by atoms with Gasteiger partial charge < -0.3 is 20.5 Å². The van der Waals surface area contributed by atoms with E-state index in [0.717, 1.165) is 0 Å². The second-order valence-electron chi connectivity index (χ2n) is 4.29. The monoisotopic (exact) mass is 235 g/mol. The molecule has 0 aromatic rings. The van der Waals surface area contributed by atoms with Crippen LogP contribution < -0.4 is 5.73 Å². The number of imidazole rings is 1. The fourth-order valence-electron chi connectivity index (χ4n) is 2.36. The molecule has 0 saturated heterocycles. The summed E-state index contributed by atoms with van der Waals surface area (Å²) < 4.78 is 1.74. The van der Waals surface area contributed by atoms with Crippen LogP contribution in [0.1, 0.15) is 18.9 Å². The van der Waals surface area contributed by atoms with Gasteiger partial charge in [0.05, 0.1) is 18.5 Å². The highest BCUT2D eigenvalue weighted by Crippen LogP contribution is 2.34. The highest BCUT2D eigenvalue weighted by Gasteiger charge is 2.36. The third-order valence-electron chi connectivity index (χ3n) is 3.29. The summed E-state index contributed by atoms with van der Waals surface area (Å²) in [4.78, 5) is 12.2. The molecule has 90 valence electrons. The van der Waals surface area contributed by atoms with Gasteiger partial charge in [-0.25, -0.2) is 15.0 Å². The minimum atomic E-state index is -0.801. The van der Waals surface area contributed by atoms with Gasteiger partial charge in [0.2, 0.25) is 0 Å². The molecule has 1 saturated carbocycles. The number of aliphatic hydroxyl groups excluding tert-OH is 2. The molecule has 7 nitrogen and oxygen atoms in total. The van der Waals surface area contributed by atoms with Crippen LogP contribution in [0.15, 0.2) is 12.7 Å². The Balaban J connectivity index is 2.07. The van der Waals surface area contributed by atoms with Crippen LogP contribution >= 0.6 is 0 Å². The second kappa shape index (κ2) is 3.64. The average Bonchev–Trinajstić information content (AvgIpc) is 2.91. The topological polar surface area (TPSA) is 110 Å². The largest absolute Gasteiger partial charge is 0.390 e.